The molecule has 0 amide bonds. The van der Waals surface area contributed by atoms with Crippen molar-refractivity contribution in [2.75, 3.05) is 19.8 Å². The van der Waals surface area contributed by atoms with Gasteiger partial charge in [-0.1, -0.05) is 68.4 Å². The van der Waals surface area contributed by atoms with Gasteiger partial charge < -0.3 is 143 Å². The zero-order valence-electron chi connectivity index (χ0n) is 59.3. The van der Waals surface area contributed by atoms with Gasteiger partial charge in [-0.25, -0.2) is 9.59 Å². The minimum absolute atomic E-state index is 0.0925. The molecule has 32 heteroatoms. The van der Waals surface area contributed by atoms with Crippen molar-refractivity contribution in [3.05, 3.63) is 11.6 Å². The molecule has 6 heterocycles. The highest BCUT2D eigenvalue weighted by Crippen LogP contribution is 2.82. The lowest BCUT2D eigenvalue weighted by Crippen LogP contribution is -2.77. The van der Waals surface area contributed by atoms with Gasteiger partial charge in [-0.05, 0) is 107 Å². The highest BCUT2D eigenvalue weighted by molar-refractivity contribution is 5.88. The molecule has 6 aliphatic heterocycles. The lowest BCUT2D eigenvalue weighted by Gasteiger charge is -2.75. The zero-order valence-corrected chi connectivity index (χ0v) is 59.3. The molecule has 16 N–H and O–H groups in total. The number of carbonyl (C=O) groups is 3. The Morgan fingerprint density at radius 1 is 0.574 bits per heavy atom. The number of allylic oxidation sites excluding steroid dienone is 1. The number of rotatable bonds is 18. The highest BCUT2D eigenvalue weighted by atomic mass is 16.8. The molecule has 1 spiro atoms. The van der Waals surface area contributed by atoms with Gasteiger partial charge >= 0.3 is 17.9 Å². The summed E-state index contributed by atoms with van der Waals surface area (Å²) in [5, 5.41) is 181. The number of fused-ring (bicyclic) bond motifs is 4. The van der Waals surface area contributed by atoms with Crippen LogP contribution in [0, 0.1) is 56.2 Å². The third kappa shape index (κ3) is 12.7. The quantitative estimate of drug-likeness (QED) is 0.0387. The van der Waals surface area contributed by atoms with Crippen LogP contribution in [0.4, 0.5) is 0 Å². The third-order valence-corrected chi connectivity index (χ3v) is 26.7. The molecule has 2 bridgehead atoms. The minimum atomic E-state index is -2.37. The summed E-state index contributed by atoms with van der Waals surface area (Å²) in [6, 6.07) is 0. The maximum Gasteiger partial charge on any atom is 0.335 e. The van der Waals surface area contributed by atoms with E-state index in [9.17, 15) is 96.1 Å². The molecule has 6 saturated heterocycles. The molecular formula is C69H110O32. The number of hydrogen-bond donors (Lipinski definition) is 16. The SMILES string of the molecule is CC=C(C)C(=O)OC1C(OC(=O)C(C)CC)C23C(O)CC4(C)C5(C)CCC6C(C)(C)C(OC7OC(C(=O)O)C(O)C(OC8OC(CO)C(O)C(O)C8OC8OC(C)C(O)C(O)C8OC8OCC(O)C(O)C8O)C7OC7OC(CO)C(O)C(O)C7O)CCC6(C)C5CCC4(OC2O)C3CC1(C)C. The largest absolute Gasteiger partial charge is 0.479 e. The topological polar surface area (TPSA) is 495 Å². The van der Waals surface area contributed by atoms with Gasteiger partial charge in [0, 0.05) is 22.3 Å². The molecule has 0 aromatic carbocycles. The van der Waals surface area contributed by atoms with Crippen LogP contribution in [0.5, 0.6) is 0 Å². The molecule has 5 saturated carbocycles. The fourth-order valence-corrected chi connectivity index (χ4v) is 20.4. The molecule has 101 heavy (non-hydrogen) atoms. The van der Waals surface area contributed by atoms with Crippen LogP contribution in [0.1, 0.15) is 141 Å². The van der Waals surface area contributed by atoms with Crippen molar-refractivity contribution < 1.29 is 158 Å². The number of carbonyl (C=O) groups excluding carboxylic acids is 2. The molecule has 32 nitrogen and oxygen atoms in total. The van der Waals surface area contributed by atoms with Gasteiger partial charge in [-0.2, -0.15) is 0 Å². The normalized spacial score (nSPS) is 52.8. The molecule has 11 fully saturated rings. The van der Waals surface area contributed by atoms with E-state index in [1.54, 1.807) is 26.8 Å². The first-order valence-corrected chi connectivity index (χ1v) is 35.8. The Hall–Kier alpha value is -2.89. The number of aliphatic hydroxyl groups is 15. The van der Waals surface area contributed by atoms with Crippen molar-refractivity contribution in [3.8, 4) is 0 Å². The Morgan fingerprint density at radius 2 is 1.14 bits per heavy atom. The predicted octanol–water partition coefficient (Wildman–Crippen LogP) is -2.39. The molecule has 11 rings (SSSR count). The van der Waals surface area contributed by atoms with Crippen LogP contribution in [0.3, 0.4) is 0 Å². The van der Waals surface area contributed by atoms with E-state index in [1.165, 1.54) is 6.92 Å². The summed E-state index contributed by atoms with van der Waals surface area (Å²) >= 11 is 0. The smallest absolute Gasteiger partial charge is 0.335 e. The average molecular weight is 1450 g/mol. The first-order valence-electron chi connectivity index (χ1n) is 35.8. The Bertz CT molecular complexity index is 2980. The lowest BCUT2D eigenvalue weighted by molar-refractivity contribution is -0.411. The Labute approximate surface area is 585 Å². The lowest BCUT2D eigenvalue weighted by atomic mass is 9.30. The van der Waals surface area contributed by atoms with Crippen molar-refractivity contribution in [3.63, 3.8) is 0 Å². The van der Waals surface area contributed by atoms with Gasteiger partial charge in [0.25, 0.3) is 0 Å². The monoisotopic (exact) mass is 1450 g/mol. The van der Waals surface area contributed by atoms with Crippen molar-refractivity contribution in [1.82, 2.24) is 0 Å². The van der Waals surface area contributed by atoms with E-state index in [0.717, 1.165) is 0 Å². The molecule has 578 valence electrons. The number of carboxylic acids is 1. The van der Waals surface area contributed by atoms with Gasteiger partial charge in [0.15, 0.2) is 49.9 Å². The molecule has 11 aliphatic rings. The number of aliphatic carboxylic acids is 1. The summed E-state index contributed by atoms with van der Waals surface area (Å²) in [5.74, 6) is -4.43. The van der Waals surface area contributed by atoms with Crippen LogP contribution < -0.4 is 0 Å². The predicted molar refractivity (Wildman–Crippen MR) is 339 cm³/mol. The number of esters is 2. The number of ether oxygens (including phenoxy) is 13. The Balaban J connectivity index is 0.913. The van der Waals surface area contributed by atoms with Gasteiger partial charge in [0.1, 0.15) is 110 Å². The van der Waals surface area contributed by atoms with Crippen molar-refractivity contribution in [2.24, 2.45) is 56.2 Å². The molecule has 0 radical (unpaired) electrons. The van der Waals surface area contributed by atoms with E-state index >= 15 is 0 Å². The molecular weight excluding hydrogens is 1340 g/mol. The Kier molecular flexibility index (Phi) is 22.7. The second-order valence-corrected chi connectivity index (χ2v) is 32.7. The average Bonchev–Trinajstić information content (AvgIpc) is 1.51. The van der Waals surface area contributed by atoms with Crippen LogP contribution >= 0.6 is 0 Å². The van der Waals surface area contributed by atoms with Crippen molar-refractivity contribution in [2.45, 2.75) is 325 Å². The van der Waals surface area contributed by atoms with Crippen molar-refractivity contribution >= 4 is 17.9 Å². The van der Waals surface area contributed by atoms with Crippen LogP contribution in [-0.2, 0) is 76.0 Å². The molecule has 0 aromatic heterocycles. The maximum atomic E-state index is 14.1. The van der Waals surface area contributed by atoms with Gasteiger partial charge in [0.05, 0.1) is 55.1 Å². The fourth-order valence-electron chi connectivity index (χ4n) is 20.4. The van der Waals surface area contributed by atoms with Gasteiger partial charge in [0.2, 0.25) is 0 Å². The van der Waals surface area contributed by atoms with E-state index in [4.69, 9.17) is 61.6 Å². The highest BCUT2D eigenvalue weighted by Gasteiger charge is 2.86. The van der Waals surface area contributed by atoms with Crippen LogP contribution in [0.2, 0.25) is 0 Å². The third-order valence-electron chi connectivity index (χ3n) is 26.7. The van der Waals surface area contributed by atoms with Gasteiger partial charge in [-0.15, -0.1) is 0 Å². The molecule has 0 aromatic rings. The summed E-state index contributed by atoms with van der Waals surface area (Å²) in [6.45, 7) is 20.2. The van der Waals surface area contributed by atoms with E-state index < -0.39 is 266 Å². The summed E-state index contributed by atoms with van der Waals surface area (Å²) in [7, 11) is 0. The second kappa shape index (κ2) is 28.9. The maximum absolute atomic E-state index is 14.1. The minimum Gasteiger partial charge on any atom is -0.479 e. The summed E-state index contributed by atoms with van der Waals surface area (Å²) < 4.78 is 81.6. The molecule has 38 unspecified atom stereocenters. The zero-order chi connectivity index (χ0) is 74.2. The Morgan fingerprint density at radius 3 is 1.76 bits per heavy atom. The first kappa shape index (κ1) is 79.2. The summed E-state index contributed by atoms with van der Waals surface area (Å²) in [5.41, 5.74) is -6.17. The van der Waals surface area contributed by atoms with Gasteiger partial charge in [-0.3, -0.25) is 4.79 Å². The van der Waals surface area contributed by atoms with E-state index in [0.29, 0.717) is 50.5 Å². The van der Waals surface area contributed by atoms with E-state index in [1.807, 2.05) is 34.6 Å². The van der Waals surface area contributed by atoms with E-state index in [-0.39, 0.29) is 24.7 Å². The van der Waals surface area contributed by atoms with Crippen LogP contribution in [0.25, 0.3) is 0 Å². The standard InChI is InChI=1S/C69H110O32/c1-13-26(3)55(86)99-52-53(100-56(87)27(4)14-2)69-34(21-63(52,6)7)68(101-62(69)88)20-16-33-65(10)18-17-36(64(8,9)32(65)15-19-66(33,11)67(68,12)22-35(69)73)93-61-51(98-58-45(82)41(78)39(76)30(23-70)91-58)47(46(83)48(95-61)54(84)85)94-60-50(43(80)40(77)31(24-71)92-60)97-59-49(42(79)37(74)28(5)90-59)96-57-44(81)38(75)29(72)25-89-57/h13,27-53,57-62,70-83,88H,14-25H2,1-12H3,(H,84,85). The number of aliphatic hydroxyl groups excluding tert-OH is 15. The molecule has 38 atom stereocenters. The van der Waals surface area contributed by atoms with Crippen LogP contribution in [-0.4, -0.2) is 303 Å². The first-order chi connectivity index (χ1) is 47.2. The molecule has 5 aliphatic carbocycles. The number of hydrogen-bond acceptors (Lipinski definition) is 31. The summed E-state index contributed by atoms with van der Waals surface area (Å²) in [4.78, 5) is 41.4. The fraction of sp³-hybridized carbons (Fsp3) is 0.928. The van der Waals surface area contributed by atoms with Crippen molar-refractivity contribution in [1.29, 1.82) is 0 Å². The summed E-state index contributed by atoms with van der Waals surface area (Å²) in [6.07, 6.45) is -47.8. The van der Waals surface area contributed by atoms with E-state index in [2.05, 4.69) is 20.8 Å². The second-order valence-electron chi connectivity index (χ2n) is 32.7. The van der Waals surface area contributed by atoms with Crippen LogP contribution in [0.15, 0.2) is 11.6 Å². The number of carboxylic acid groups (broad SMARTS) is 1.